The van der Waals surface area contributed by atoms with Crippen molar-refractivity contribution in [2.24, 2.45) is 0 Å². The molecule has 0 spiro atoms. The molecule has 0 saturated carbocycles. The second kappa shape index (κ2) is 12.0. The molecule has 0 radical (unpaired) electrons. The molecule has 0 bridgehead atoms. The van der Waals surface area contributed by atoms with E-state index in [1.165, 1.54) is 60.1 Å². The molecule has 0 N–H and O–H groups in total. The largest absolute Gasteiger partial charge is 0.456 e. The Bertz CT molecular complexity index is 3470. The summed E-state index contributed by atoms with van der Waals surface area (Å²) in [6.45, 7) is 0. The fraction of sp³-hybridized carbons (Fsp3) is 0. The van der Waals surface area contributed by atoms with Crippen molar-refractivity contribution in [1.82, 2.24) is 0 Å². The third kappa shape index (κ3) is 4.63. The third-order valence-corrected chi connectivity index (χ3v) is 11.7. The summed E-state index contributed by atoms with van der Waals surface area (Å²) in [7, 11) is 0. The smallest absolute Gasteiger partial charge is 0.143 e. The summed E-state index contributed by atoms with van der Waals surface area (Å²) < 4.78 is 13.3. The lowest BCUT2D eigenvalue weighted by Gasteiger charge is -2.18. The Balaban J connectivity index is 1.07. The van der Waals surface area contributed by atoms with E-state index in [0.717, 1.165) is 60.6 Å². The molecule has 0 atom stereocenters. The number of fused-ring (bicyclic) bond motifs is 9. The van der Waals surface area contributed by atoms with Gasteiger partial charge in [-0.3, -0.25) is 0 Å². The molecule has 0 aliphatic rings. The average molecular weight is 713 g/mol. The van der Waals surface area contributed by atoms with E-state index < -0.39 is 0 Å². The number of para-hydroxylation sites is 2. The highest BCUT2D eigenvalue weighted by Gasteiger charge is 2.23. The van der Waals surface area contributed by atoms with E-state index in [1.807, 2.05) is 12.1 Å². The van der Waals surface area contributed by atoms with E-state index >= 15 is 0 Å². The first-order valence-corrected chi connectivity index (χ1v) is 19.2. The van der Waals surface area contributed by atoms with Crippen molar-refractivity contribution in [2.75, 3.05) is 0 Å². The van der Waals surface area contributed by atoms with Gasteiger partial charge < -0.3 is 8.83 Å². The molecular formula is C54H32O2. The predicted octanol–water partition coefficient (Wildman–Crippen LogP) is 15.6. The maximum absolute atomic E-state index is 6.91. The zero-order valence-corrected chi connectivity index (χ0v) is 30.3. The fourth-order valence-corrected chi connectivity index (χ4v) is 9.09. The Hall–Kier alpha value is -7.42. The molecule has 0 fully saturated rings. The maximum atomic E-state index is 6.91. The lowest BCUT2D eigenvalue weighted by Crippen LogP contribution is -1.92. The van der Waals surface area contributed by atoms with Crippen LogP contribution in [0.5, 0.6) is 0 Å². The quantitative estimate of drug-likeness (QED) is 0.170. The number of furan rings is 2. The van der Waals surface area contributed by atoms with Gasteiger partial charge in [0.25, 0.3) is 0 Å². The highest BCUT2D eigenvalue weighted by atomic mass is 16.3. The van der Waals surface area contributed by atoms with E-state index in [9.17, 15) is 0 Å². The molecule has 0 unspecified atom stereocenters. The zero-order valence-electron chi connectivity index (χ0n) is 30.3. The minimum Gasteiger partial charge on any atom is -0.456 e. The van der Waals surface area contributed by atoms with Crippen molar-refractivity contribution < 1.29 is 8.83 Å². The normalized spacial score (nSPS) is 11.9. The van der Waals surface area contributed by atoms with E-state index in [1.54, 1.807) is 0 Å². The number of rotatable bonds is 4. The standard InChI is InChI=1S/C54H32O2/c1-2-12-36-31-37(26-23-33(36)11-1)34-21-24-35(25-22-34)51-42-14-3-5-16-44(42)52(45-17-6-4-15-43(45)51)47-30-29-39(53-46-18-8-10-20-49(46)56-54(47)53)38-27-28-41-40-13-7-9-19-48(40)55-50(41)32-38/h1-32H. The molecule has 260 valence electrons. The van der Waals surface area contributed by atoms with Gasteiger partial charge in [-0.1, -0.05) is 158 Å². The molecule has 2 aromatic heterocycles. The lowest BCUT2D eigenvalue weighted by atomic mass is 9.84. The molecule has 0 aliphatic heterocycles. The summed E-state index contributed by atoms with van der Waals surface area (Å²) in [5.41, 5.74) is 12.9. The van der Waals surface area contributed by atoms with Gasteiger partial charge in [-0.25, -0.2) is 0 Å². The Morgan fingerprint density at radius 1 is 0.268 bits per heavy atom. The average Bonchev–Trinajstić information content (AvgIpc) is 3.84. The predicted molar refractivity (Wildman–Crippen MR) is 235 cm³/mol. The summed E-state index contributed by atoms with van der Waals surface area (Å²) in [5.74, 6) is 0. The van der Waals surface area contributed by atoms with Crippen LogP contribution in [-0.2, 0) is 0 Å². The van der Waals surface area contributed by atoms with Crippen molar-refractivity contribution in [3.63, 3.8) is 0 Å². The molecule has 2 heterocycles. The highest BCUT2D eigenvalue weighted by Crippen LogP contribution is 2.49. The van der Waals surface area contributed by atoms with Crippen LogP contribution in [0.15, 0.2) is 203 Å². The van der Waals surface area contributed by atoms with Crippen LogP contribution in [-0.4, -0.2) is 0 Å². The lowest BCUT2D eigenvalue weighted by molar-refractivity contribution is 0.668. The van der Waals surface area contributed by atoms with Gasteiger partial charge in [-0.2, -0.15) is 0 Å². The first-order valence-electron chi connectivity index (χ1n) is 19.2. The number of benzene rings is 10. The van der Waals surface area contributed by atoms with Crippen molar-refractivity contribution in [2.45, 2.75) is 0 Å². The SMILES string of the molecule is c1ccc2cc(-c3ccc(-c4c5ccccc5c(-c5ccc(-c6ccc7c(c6)oc6ccccc67)c6c5oc5ccccc56)c5ccccc45)cc3)ccc2c1. The highest BCUT2D eigenvalue weighted by molar-refractivity contribution is 6.25. The van der Waals surface area contributed by atoms with Crippen LogP contribution in [0.2, 0.25) is 0 Å². The molecule has 12 aromatic rings. The van der Waals surface area contributed by atoms with Gasteiger partial charge in [-0.05, 0) is 102 Å². The molecule has 0 aliphatic carbocycles. The fourth-order valence-electron chi connectivity index (χ4n) is 9.09. The Morgan fingerprint density at radius 3 is 1.52 bits per heavy atom. The van der Waals surface area contributed by atoms with E-state index in [2.05, 4.69) is 182 Å². The van der Waals surface area contributed by atoms with Crippen LogP contribution in [0.4, 0.5) is 0 Å². The second-order valence-corrected chi connectivity index (χ2v) is 14.8. The Labute approximate surface area is 322 Å². The van der Waals surface area contributed by atoms with E-state index in [0.29, 0.717) is 0 Å². The van der Waals surface area contributed by atoms with Crippen LogP contribution in [0.25, 0.3) is 121 Å². The van der Waals surface area contributed by atoms with Crippen molar-refractivity contribution in [1.29, 1.82) is 0 Å². The summed E-state index contributed by atoms with van der Waals surface area (Å²) in [6, 6.07) is 69.8. The second-order valence-electron chi connectivity index (χ2n) is 14.8. The van der Waals surface area contributed by atoms with Crippen molar-refractivity contribution in [3.8, 4) is 44.5 Å². The van der Waals surface area contributed by atoms with Crippen molar-refractivity contribution in [3.05, 3.63) is 194 Å². The van der Waals surface area contributed by atoms with Crippen LogP contribution >= 0.6 is 0 Å². The van der Waals surface area contributed by atoms with Gasteiger partial charge in [0.1, 0.15) is 22.3 Å². The summed E-state index contributed by atoms with van der Waals surface area (Å²) in [4.78, 5) is 0. The molecule has 10 aromatic carbocycles. The minimum absolute atomic E-state index is 0.873. The summed E-state index contributed by atoms with van der Waals surface area (Å²) >= 11 is 0. The molecule has 0 saturated heterocycles. The third-order valence-electron chi connectivity index (χ3n) is 11.7. The zero-order chi connectivity index (χ0) is 36.7. The number of hydrogen-bond acceptors (Lipinski definition) is 2. The van der Waals surface area contributed by atoms with Crippen LogP contribution in [0.3, 0.4) is 0 Å². The van der Waals surface area contributed by atoms with Gasteiger partial charge in [0.15, 0.2) is 0 Å². The molecule has 12 rings (SSSR count). The Morgan fingerprint density at radius 2 is 0.786 bits per heavy atom. The van der Waals surface area contributed by atoms with Crippen LogP contribution in [0, 0.1) is 0 Å². The topological polar surface area (TPSA) is 26.3 Å². The molecule has 0 amide bonds. The monoisotopic (exact) mass is 712 g/mol. The van der Waals surface area contributed by atoms with Crippen LogP contribution in [0.1, 0.15) is 0 Å². The Kier molecular flexibility index (Phi) is 6.66. The summed E-state index contributed by atoms with van der Waals surface area (Å²) in [6.07, 6.45) is 0. The van der Waals surface area contributed by atoms with Gasteiger partial charge in [0, 0.05) is 32.7 Å². The van der Waals surface area contributed by atoms with Crippen LogP contribution < -0.4 is 0 Å². The molecule has 56 heavy (non-hydrogen) atoms. The maximum Gasteiger partial charge on any atom is 0.143 e. The molecule has 2 heteroatoms. The van der Waals surface area contributed by atoms with Crippen molar-refractivity contribution >= 4 is 76.2 Å². The minimum atomic E-state index is 0.873. The molecule has 2 nitrogen and oxygen atoms in total. The van der Waals surface area contributed by atoms with E-state index in [-0.39, 0.29) is 0 Å². The van der Waals surface area contributed by atoms with Gasteiger partial charge >= 0.3 is 0 Å². The number of hydrogen-bond donors (Lipinski definition) is 0. The van der Waals surface area contributed by atoms with Gasteiger partial charge in [-0.15, -0.1) is 0 Å². The first kappa shape index (κ1) is 31.0. The van der Waals surface area contributed by atoms with Gasteiger partial charge in [0.2, 0.25) is 0 Å². The summed E-state index contributed by atoms with van der Waals surface area (Å²) in [5, 5.41) is 11.8. The van der Waals surface area contributed by atoms with E-state index in [4.69, 9.17) is 8.83 Å². The van der Waals surface area contributed by atoms with Gasteiger partial charge in [0.05, 0.1) is 0 Å². The first-order chi connectivity index (χ1) is 27.8. The molecular weight excluding hydrogens is 681 g/mol.